The smallest absolute Gasteiger partial charge is 1.00 e. The Kier molecular flexibility index (Phi) is 219. The first-order valence-electron chi connectivity index (χ1n) is 1.22. The zero-order valence-electron chi connectivity index (χ0n) is 8.63. The molecule has 0 rings (SSSR count). The maximum absolute atomic E-state index is 7.57. The van der Waals surface area contributed by atoms with Gasteiger partial charge in [-0.15, -0.1) is 0 Å². The molecule has 7 heavy (non-hydrogen) atoms. The summed E-state index contributed by atoms with van der Waals surface area (Å²) in [7, 11) is 0. The van der Waals surface area contributed by atoms with Crippen molar-refractivity contribution in [3.05, 3.63) is 0 Å². The molecule has 0 saturated carbocycles. The third-order valence-electron chi connectivity index (χ3n) is 0. The van der Waals surface area contributed by atoms with Crippen LogP contribution in [0.4, 0.5) is 0 Å². The van der Waals surface area contributed by atoms with Crippen molar-refractivity contribution in [3.63, 3.8) is 0 Å². The number of rotatable bonds is 0. The van der Waals surface area contributed by atoms with Crippen molar-refractivity contribution in [1.82, 2.24) is 0 Å². The molecule has 42 valence electrons. The summed E-state index contributed by atoms with van der Waals surface area (Å²) >= 11 is 0. The summed E-state index contributed by atoms with van der Waals surface area (Å²) in [4.78, 5) is 0. The fraction of sp³-hybridized carbons (Fsp3) is 1.00. The molecular formula is C2H12AlLiO3. The van der Waals surface area contributed by atoms with Crippen LogP contribution in [0.15, 0.2) is 0 Å². The molecule has 0 saturated heterocycles. The van der Waals surface area contributed by atoms with Gasteiger partial charge in [-0.25, -0.2) is 0 Å². The molecule has 5 heteroatoms. The van der Waals surface area contributed by atoms with Crippen LogP contribution in [0.5, 0.6) is 0 Å². The van der Waals surface area contributed by atoms with E-state index >= 15 is 0 Å². The number of aliphatic hydroxyl groups is 1. The van der Waals surface area contributed by atoms with Gasteiger partial charge >= 0.3 is 36.2 Å². The predicted octanol–water partition coefficient (Wildman–Crippen LogP) is -2.91. The largest absolute Gasteiger partial charge is 3.00 e. The van der Waals surface area contributed by atoms with Crippen LogP contribution >= 0.6 is 0 Å². The second-order valence-corrected chi connectivity index (χ2v) is 0.316. The van der Waals surface area contributed by atoms with Crippen LogP contribution in [0.2, 0.25) is 0 Å². The molecule has 0 fully saturated rings. The van der Waals surface area contributed by atoms with Gasteiger partial charge in [-0.1, -0.05) is 0 Å². The second kappa shape index (κ2) is 62.7. The minimum atomic E-state index is 0. The Labute approximate surface area is 71.5 Å². The fourth-order valence-corrected chi connectivity index (χ4v) is 0. The number of hydrogen-bond acceptors (Lipinski definition) is 3. The van der Waals surface area contributed by atoms with Crippen molar-refractivity contribution in [2.75, 3.05) is 6.61 Å². The van der Waals surface area contributed by atoms with Crippen molar-refractivity contribution in [2.24, 2.45) is 0 Å². The molecule has 0 unspecified atom stereocenters. The summed E-state index contributed by atoms with van der Waals surface area (Å²) in [5, 5.41) is 19.6. The molecule has 0 aliphatic carbocycles. The van der Waals surface area contributed by atoms with Crippen LogP contribution in [0.1, 0.15) is 12.6 Å². The molecule has 0 amide bonds. The van der Waals surface area contributed by atoms with E-state index in [4.69, 9.17) is 15.6 Å². The first-order chi connectivity index (χ1) is 2.41. The van der Waals surface area contributed by atoms with Crippen LogP contribution in [0.3, 0.4) is 0 Å². The zero-order chi connectivity index (χ0) is 4.71. The van der Waals surface area contributed by atoms with E-state index in [-0.39, 0.29) is 48.5 Å². The Morgan fingerprint density at radius 1 is 1.43 bits per heavy atom. The fourth-order valence-electron chi connectivity index (χ4n) is 0. The van der Waals surface area contributed by atoms with E-state index in [0.29, 0.717) is 0 Å². The topological polar surface area (TPSA) is 60.7 Å². The maximum atomic E-state index is 7.57. The van der Waals surface area contributed by atoms with Crippen molar-refractivity contribution in [2.45, 2.75) is 6.92 Å². The van der Waals surface area contributed by atoms with Gasteiger partial charge in [0.15, 0.2) is 0 Å². The molecule has 0 aromatic rings. The second-order valence-electron chi connectivity index (χ2n) is 0.316. The van der Waals surface area contributed by atoms with Gasteiger partial charge in [0.25, 0.3) is 0 Å². The Bertz CT molecular complexity index is 23.3. The molecule has 0 aliphatic rings. The van der Waals surface area contributed by atoms with E-state index < -0.39 is 0 Å². The van der Waals surface area contributed by atoms with Crippen molar-refractivity contribution in [1.29, 1.82) is 0 Å². The summed E-state index contributed by atoms with van der Waals surface area (Å²) in [6.45, 7) is 1.93. The minimum Gasteiger partial charge on any atom is -1.00 e. The first kappa shape index (κ1) is 24.5. The van der Waals surface area contributed by atoms with E-state index in [2.05, 4.69) is 0 Å². The van der Waals surface area contributed by atoms with Gasteiger partial charge in [0, 0.05) is 6.61 Å². The van der Waals surface area contributed by atoms with Crippen LogP contribution in [0, 0.1) is 0 Å². The van der Waals surface area contributed by atoms with Crippen LogP contribution < -0.4 is 18.9 Å². The minimum absolute atomic E-state index is 0. The van der Waals surface area contributed by atoms with Crippen LogP contribution in [-0.2, 0) is 0 Å². The van der Waals surface area contributed by atoms with E-state index in [1.807, 2.05) is 0 Å². The van der Waals surface area contributed by atoms with Gasteiger partial charge in [-0.2, -0.15) is 0 Å². The quantitative estimate of drug-likeness (QED) is 0.181. The molecule has 0 aromatic carbocycles. The van der Waals surface area contributed by atoms with Crippen LogP contribution in [-0.4, -0.2) is 39.6 Å². The predicted molar refractivity (Wildman–Crippen MR) is 28.2 cm³/mol. The molecule has 0 atom stereocenters. The molecule has 0 heterocycles. The number of aliphatic hydroxyl groups excluding tert-OH is 1. The molecule has 3 N–H and O–H groups in total. The molecular weight excluding hydrogens is 106 g/mol. The molecule has 0 bridgehead atoms. The molecule has 0 aromatic heterocycles. The van der Waals surface area contributed by atoms with Gasteiger partial charge in [0.2, 0.25) is 0 Å². The van der Waals surface area contributed by atoms with Crippen molar-refractivity contribution < 1.29 is 40.2 Å². The zero-order valence-corrected chi connectivity index (χ0v) is 5.78. The van der Waals surface area contributed by atoms with Gasteiger partial charge in [-0.3, -0.25) is 10.5 Å². The molecule has 3 nitrogen and oxygen atoms in total. The monoisotopic (exact) mass is 118 g/mol. The Morgan fingerprint density at radius 3 is 1.43 bits per heavy atom. The maximum Gasteiger partial charge on any atom is 3.00 e. The first-order valence-corrected chi connectivity index (χ1v) is 1.22. The van der Waals surface area contributed by atoms with Gasteiger partial charge in [0.1, 0.15) is 0 Å². The Balaban J connectivity index is -0.00000000181. The molecule has 0 spiro atoms. The third-order valence-corrected chi connectivity index (χ3v) is 0. The van der Waals surface area contributed by atoms with Gasteiger partial charge in [0.05, 0.1) is 0 Å². The van der Waals surface area contributed by atoms with Crippen molar-refractivity contribution >= 4 is 17.4 Å². The van der Waals surface area contributed by atoms with Crippen LogP contribution in [0.25, 0.3) is 0 Å². The summed E-state index contributed by atoms with van der Waals surface area (Å²) in [6, 6.07) is 0. The normalized spacial score (nSPS) is 3.43. The van der Waals surface area contributed by atoms with E-state index in [9.17, 15) is 0 Å². The average molecular weight is 118 g/mol. The number of hydrogen-bond donors (Lipinski definition) is 3. The summed E-state index contributed by atoms with van der Waals surface area (Å²) in [5.41, 5.74) is 0. The third kappa shape index (κ3) is 173. The van der Waals surface area contributed by atoms with E-state index in [0.717, 1.165) is 0 Å². The van der Waals surface area contributed by atoms with Gasteiger partial charge < -0.3 is 10.8 Å². The van der Waals surface area contributed by atoms with E-state index in [1.54, 1.807) is 6.92 Å². The summed E-state index contributed by atoms with van der Waals surface area (Å²) in [5.74, 6) is 0. The van der Waals surface area contributed by atoms with Crippen molar-refractivity contribution in [3.8, 4) is 0 Å². The molecule has 0 radical (unpaired) electrons. The standard InChI is InChI=1S/C2H6O.Al.Li.H2O2.4H/c1-2-3;;;1-2;;;;/h3H,2H2,1H3;;;1-2H;;;;/q;+3;+1;;4*-1. The SMILES string of the molecule is CCO.OO.[Al+3].[H-].[H-].[H-].[H-].[Li+]. The molecule has 0 aliphatic heterocycles. The Hall–Kier alpha value is 1.01. The summed E-state index contributed by atoms with van der Waals surface area (Å²) < 4.78 is 0. The Morgan fingerprint density at radius 2 is 1.43 bits per heavy atom. The van der Waals surface area contributed by atoms with Gasteiger partial charge in [-0.05, 0) is 6.92 Å². The average Bonchev–Trinajstić information content (AvgIpc) is 1.46. The van der Waals surface area contributed by atoms with E-state index in [1.165, 1.54) is 0 Å². The summed E-state index contributed by atoms with van der Waals surface area (Å²) in [6.07, 6.45) is 0.